The van der Waals surface area contributed by atoms with Gasteiger partial charge in [-0.25, -0.2) is 5.43 Å². The Morgan fingerprint density at radius 3 is 2.68 bits per heavy atom. The first-order chi connectivity index (χ1) is 12.2. The number of ether oxygens (including phenoxy) is 1. The second-order valence-electron chi connectivity index (χ2n) is 5.08. The Hall–Kier alpha value is -3.55. The number of carbonyl (C=O) groups excluding carboxylic acids is 1. The van der Waals surface area contributed by atoms with Gasteiger partial charge in [-0.3, -0.25) is 4.79 Å². The van der Waals surface area contributed by atoms with Crippen molar-refractivity contribution in [3.8, 4) is 17.1 Å². The molecular formula is C17H16N6O2. The lowest BCUT2D eigenvalue weighted by molar-refractivity contribution is -0.122. The van der Waals surface area contributed by atoms with Crippen molar-refractivity contribution in [1.29, 1.82) is 0 Å². The summed E-state index contributed by atoms with van der Waals surface area (Å²) in [6, 6.07) is 16.7. The molecule has 0 aliphatic carbocycles. The van der Waals surface area contributed by atoms with E-state index in [0.29, 0.717) is 5.82 Å². The van der Waals surface area contributed by atoms with Crippen LogP contribution in [0.2, 0.25) is 0 Å². The molecule has 0 unspecified atom stereocenters. The van der Waals surface area contributed by atoms with E-state index in [1.165, 1.54) is 4.80 Å². The zero-order valence-corrected chi connectivity index (χ0v) is 13.5. The molecule has 2 aromatic carbocycles. The zero-order valence-electron chi connectivity index (χ0n) is 13.5. The van der Waals surface area contributed by atoms with Crippen LogP contribution in [-0.2, 0) is 11.3 Å². The van der Waals surface area contributed by atoms with E-state index < -0.39 is 0 Å². The van der Waals surface area contributed by atoms with Crippen LogP contribution in [0.1, 0.15) is 5.56 Å². The van der Waals surface area contributed by atoms with E-state index in [-0.39, 0.29) is 12.5 Å². The lowest BCUT2D eigenvalue weighted by Gasteiger charge is -2.00. The van der Waals surface area contributed by atoms with Crippen molar-refractivity contribution in [3.05, 3.63) is 60.2 Å². The monoisotopic (exact) mass is 336 g/mol. The molecule has 0 saturated carbocycles. The molecule has 126 valence electrons. The summed E-state index contributed by atoms with van der Waals surface area (Å²) in [6.45, 7) is -0.0697. The summed E-state index contributed by atoms with van der Waals surface area (Å²) < 4.78 is 5.08. The van der Waals surface area contributed by atoms with E-state index in [2.05, 4.69) is 25.9 Å². The number of nitrogens with one attached hydrogen (secondary N) is 1. The third-order valence-electron chi connectivity index (χ3n) is 3.29. The van der Waals surface area contributed by atoms with Crippen molar-refractivity contribution in [2.24, 2.45) is 5.10 Å². The van der Waals surface area contributed by atoms with Gasteiger partial charge < -0.3 is 4.74 Å². The first-order valence-corrected chi connectivity index (χ1v) is 7.54. The maximum absolute atomic E-state index is 11.9. The molecule has 0 atom stereocenters. The summed E-state index contributed by atoms with van der Waals surface area (Å²) in [5.74, 6) is 0.879. The number of hydrazone groups is 1. The maximum Gasteiger partial charge on any atom is 0.263 e. The molecular weight excluding hydrogens is 320 g/mol. The van der Waals surface area contributed by atoms with Gasteiger partial charge in [0.15, 0.2) is 0 Å². The fourth-order valence-corrected chi connectivity index (χ4v) is 2.05. The van der Waals surface area contributed by atoms with Crippen LogP contribution < -0.4 is 10.2 Å². The average Bonchev–Trinajstić information content (AvgIpc) is 3.11. The lowest BCUT2D eigenvalue weighted by atomic mass is 10.2. The average molecular weight is 336 g/mol. The van der Waals surface area contributed by atoms with Gasteiger partial charge >= 0.3 is 0 Å². The first kappa shape index (κ1) is 16.3. The van der Waals surface area contributed by atoms with E-state index in [1.807, 2.05) is 54.6 Å². The van der Waals surface area contributed by atoms with Crippen LogP contribution in [0, 0.1) is 0 Å². The highest BCUT2D eigenvalue weighted by Gasteiger charge is 2.08. The van der Waals surface area contributed by atoms with Crippen LogP contribution in [0.4, 0.5) is 0 Å². The molecule has 0 aliphatic heterocycles. The molecule has 0 fully saturated rings. The Balaban J connectivity index is 1.54. The van der Waals surface area contributed by atoms with E-state index >= 15 is 0 Å². The van der Waals surface area contributed by atoms with Crippen molar-refractivity contribution < 1.29 is 9.53 Å². The molecule has 0 bridgehead atoms. The van der Waals surface area contributed by atoms with Crippen molar-refractivity contribution >= 4 is 12.1 Å². The van der Waals surface area contributed by atoms with Crippen molar-refractivity contribution in [3.63, 3.8) is 0 Å². The van der Waals surface area contributed by atoms with Crippen LogP contribution >= 0.6 is 0 Å². The van der Waals surface area contributed by atoms with Gasteiger partial charge in [0.1, 0.15) is 12.3 Å². The van der Waals surface area contributed by atoms with Crippen LogP contribution in [0.25, 0.3) is 11.4 Å². The molecule has 0 radical (unpaired) electrons. The smallest absolute Gasteiger partial charge is 0.263 e. The number of methoxy groups -OCH3 is 1. The van der Waals surface area contributed by atoms with Crippen molar-refractivity contribution in [2.45, 2.75) is 6.54 Å². The van der Waals surface area contributed by atoms with Gasteiger partial charge in [0, 0.05) is 5.56 Å². The summed E-state index contributed by atoms with van der Waals surface area (Å²) in [6.07, 6.45) is 1.54. The van der Waals surface area contributed by atoms with Gasteiger partial charge in [0.05, 0.1) is 13.3 Å². The van der Waals surface area contributed by atoms with Gasteiger partial charge in [0.2, 0.25) is 5.82 Å². The predicted molar refractivity (Wildman–Crippen MR) is 92.0 cm³/mol. The second kappa shape index (κ2) is 7.82. The highest BCUT2D eigenvalue weighted by Crippen LogP contribution is 2.11. The standard InChI is InChI=1S/C17H16N6O2/c1-25-15-9-7-13(8-10-15)11-18-19-16(24)12-23-21-17(20-22-23)14-5-3-2-4-6-14/h2-11H,12H2,1H3,(H,19,24)/b18-11+. The number of carbonyl (C=O) groups is 1. The van der Waals surface area contributed by atoms with Crippen molar-refractivity contribution in [2.75, 3.05) is 7.11 Å². The van der Waals surface area contributed by atoms with Gasteiger partial charge in [0.25, 0.3) is 5.91 Å². The SMILES string of the molecule is COc1ccc(/C=N/NC(=O)Cn2nnc(-c3ccccc3)n2)cc1. The number of nitrogens with zero attached hydrogens (tertiary/aromatic N) is 5. The minimum Gasteiger partial charge on any atom is -0.497 e. The fourth-order valence-electron chi connectivity index (χ4n) is 2.05. The number of aromatic nitrogens is 4. The normalized spacial score (nSPS) is 10.8. The number of amides is 1. The highest BCUT2D eigenvalue weighted by molar-refractivity contribution is 5.82. The molecule has 1 N–H and O–H groups in total. The van der Waals surface area contributed by atoms with E-state index in [0.717, 1.165) is 16.9 Å². The van der Waals surface area contributed by atoms with Crippen LogP contribution in [0.15, 0.2) is 59.7 Å². The summed E-state index contributed by atoms with van der Waals surface area (Å²) in [4.78, 5) is 13.1. The third kappa shape index (κ3) is 4.47. The predicted octanol–water partition coefficient (Wildman–Crippen LogP) is 1.50. The number of tetrazole rings is 1. The molecule has 1 amide bonds. The minimum absolute atomic E-state index is 0.0697. The highest BCUT2D eigenvalue weighted by atomic mass is 16.5. The Kier molecular flexibility index (Phi) is 5.10. The Morgan fingerprint density at radius 2 is 1.96 bits per heavy atom. The van der Waals surface area contributed by atoms with Gasteiger partial charge in [-0.15, -0.1) is 10.2 Å². The van der Waals surface area contributed by atoms with Gasteiger partial charge in [-0.05, 0) is 35.0 Å². The van der Waals surface area contributed by atoms with E-state index in [4.69, 9.17) is 4.74 Å². The first-order valence-electron chi connectivity index (χ1n) is 7.54. The number of rotatable bonds is 6. The fraction of sp³-hybridized carbons (Fsp3) is 0.118. The molecule has 25 heavy (non-hydrogen) atoms. The number of benzene rings is 2. The number of hydrogen-bond acceptors (Lipinski definition) is 6. The molecule has 0 spiro atoms. The summed E-state index contributed by atoms with van der Waals surface area (Å²) in [5, 5.41) is 15.9. The number of hydrogen-bond donors (Lipinski definition) is 1. The second-order valence-corrected chi connectivity index (χ2v) is 5.08. The summed E-state index contributed by atoms with van der Waals surface area (Å²) in [5.41, 5.74) is 4.11. The third-order valence-corrected chi connectivity index (χ3v) is 3.29. The van der Waals surface area contributed by atoms with Crippen LogP contribution in [0.5, 0.6) is 5.75 Å². The molecule has 1 aromatic heterocycles. The summed E-state index contributed by atoms with van der Waals surface area (Å²) in [7, 11) is 1.60. The molecule has 0 aliphatic rings. The molecule has 8 nitrogen and oxygen atoms in total. The quantitative estimate of drug-likeness (QED) is 0.544. The maximum atomic E-state index is 11.9. The van der Waals surface area contributed by atoms with E-state index in [9.17, 15) is 4.79 Å². The zero-order chi connectivity index (χ0) is 17.5. The van der Waals surface area contributed by atoms with Crippen LogP contribution in [0.3, 0.4) is 0 Å². The van der Waals surface area contributed by atoms with Gasteiger partial charge in [-0.1, -0.05) is 30.3 Å². The molecule has 3 rings (SSSR count). The Bertz CT molecular complexity index is 858. The van der Waals surface area contributed by atoms with E-state index in [1.54, 1.807) is 13.3 Å². The Morgan fingerprint density at radius 1 is 1.20 bits per heavy atom. The largest absolute Gasteiger partial charge is 0.497 e. The molecule has 1 heterocycles. The van der Waals surface area contributed by atoms with Gasteiger partial charge in [-0.2, -0.15) is 9.90 Å². The Labute approximate surface area is 144 Å². The topological polar surface area (TPSA) is 94.3 Å². The molecule has 8 heteroatoms. The van der Waals surface area contributed by atoms with Crippen LogP contribution in [-0.4, -0.2) is 39.4 Å². The minimum atomic E-state index is -0.346. The lowest BCUT2D eigenvalue weighted by Crippen LogP contribution is -2.24. The summed E-state index contributed by atoms with van der Waals surface area (Å²) >= 11 is 0. The molecule has 0 saturated heterocycles. The van der Waals surface area contributed by atoms with Crippen molar-refractivity contribution in [1.82, 2.24) is 25.6 Å². The molecule has 3 aromatic rings.